The van der Waals surface area contributed by atoms with Crippen molar-refractivity contribution in [1.82, 2.24) is 5.32 Å². The molecule has 0 aromatic heterocycles. The molecule has 23 heavy (non-hydrogen) atoms. The molecular weight excluding hydrogens is 309 g/mol. The molecule has 0 spiro atoms. The Kier molecular flexibility index (Phi) is 5.45. The molecule has 1 amide bonds. The summed E-state index contributed by atoms with van der Waals surface area (Å²) in [5.41, 5.74) is 0.0198. The average molecular weight is 330 g/mol. The van der Waals surface area contributed by atoms with E-state index in [4.69, 9.17) is 5.41 Å². The fraction of sp³-hybridized carbons (Fsp3) is 0.500. The van der Waals surface area contributed by atoms with Gasteiger partial charge in [-0.1, -0.05) is 26.8 Å². The Morgan fingerprint density at radius 3 is 2.30 bits per heavy atom. The van der Waals surface area contributed by atoms with Gasteiger partial charge in [-0.25, -0.2) is 0 Å². The molecule has 0 aliphatic rings. The van der Waals surface area contributed by atoms with Gasteiger partial charge in [-0.05, 0) is 37.0 Å². The van der Waals surface area contributed by atoms with Crippen molar-refractivity contribution in [3.05, 3.63) is 29.3 Å². The van der Waals surface area contributed by atoms with Gasteiger partial charge in [0.15, 0.2) is 0 Å². The van der Waals surface area contributed by atoms with E-state index in [0.717, 1.165) is 12.1 Å². The van der Waals surface area contributed by atoms with E-state index in [9.17, 15) is 18.0 Å². The zero-order valence-electron chi connectivity index (χ0n) is 13.8. The van der Waals surface area contributed by atoms with Crippen LogP contribution in [0.4, 0.5) is 13.2 Å². The molecule has 1 rings (SSSR count). The highest BCUT2D eigenvalue weighted by Gasteiger charge is 2.31. The largest absolute Gasteiger partial charge is 0.573 e. The van der Waals surface area contributed by atoms with E-state index < -0.39 is 23.7 Å². The molecule has 0 saturated carbocycles. The fourth-order valence-corrected chi connectivity index (χ4v) is 1.68. The first-order valence-electron chi connectivity index (χ1n) is 7.07. The summed E-state index contributed by atoms with van der Waals surface area (Å²) in [4.78, 5) is 12.2. The molecule has 1 atom stereocenters. The summed E-state index contributed by atoms with van der Waals surface area (Å²) in [6.07, 6.45) is -4.82. The maximum absolute atomic E-state index is 12.3. The Morgan fingerprint density at radius 1 is 1.26 bits per heavy atom. The molecule has 2 N–H and O–H groups in total. The number of aryl methyl sites for hydroxylation is 1. The summed E-state index contributed by atoms with van der Waals surface area (Å²) in [6.45, 7) is 9.22. The van der Waals surface area contributed by atoms with Crippen LogP contribution in [0.3, 0.4) is 0 Å². The highest BCUT2D eigenvalue weighted by molar-refractivity contribution is 6.44. The van der Waals surface area contributed by atoms with Crippen LogP contribution in [0.15, 0.2) is 18.2 Å². The molecule has 0 radical (unpaired) electrons. The number of benzene rings is 1. The van der Waals surface area contributed by atoms with E-state index >= 15 is 0 Å². The minimum Gasteiger partial charge on any atom is -0.406 e. The summed E-state index contributed by atoms with van der Waals surface area (Å²) < 4.78 is 40.7. The van der Waals surface area contributed by atoms with E-state index in [1.807, 2.05) is 20.8 Å². The van der Waals surface area contributed by atoms with Crippen LogP contribution >= 0.6 is 0 Å². The molecular formula is C16H21F3N2O2. The van der Waals surface area contributed by atoms with Gasteiger partial charge in [-0.15, -0.1) is 13.2 Å². The van der Waals surface area contributed by atoms with Crippen LogP contribution in [-0.2, 0) is 4.79 Å². The topological polar surface area (TPSA) is 62.2 Å². The highest BCUT2D eigenvalue weighted by atomic mass is 19.4. The maximum atomic E-state index is 12.3. The van der Waals surface area contributed by atoms with Crippen LogP contribution in [0.1, 0.15) is 38.8 Å². The smallest absolute Gasteiger partial charge is 0.406 e. The van der Waals surface area contributed by atoms with Gasteiger partial charge in [0.25, 0.3) is 5.91 Å². The Labute approximate surface area is 133 Å². The van der Waals surface area contributed by atoms with Gasteiger partial charge in [0.2, 0.25) is 0 Å². The Bertz CT molecular complexity index is 604. The zero-order chi connectivity index (χ0) is 18.0. The molecule has 0 heterocycles. The normalized spacial score (nSPS) is 13.4. The fourth-order valence-electron chi connectivity index (χ4n) is 1.68. The van der Waals surface area contributed by atoms with Crippen molar-refractivity contribution in [2.45, 2.75) is 47.0 Å². The summed E-state index contributed by atoms with van der Waals surface area (Å²) in [6, 6.07) is 3.37. The zero-order valence-corrected chi connectivity index (χ0v) is 13.8. The highest BCUT2D eigenvalue weighted by Crippen LogP contribution is 2.25. The van der Waals surface area contributed by atoms with E-state index in [1.54, 1.807) is 13.8 Å². The molecule has 0 aliphatic carbocycles. The van der Waals surface area contributed by atoms with Crippen LogP contribution < -0.4 is 10.1 Å². The molecule has 1 aromatic rings. The molecule has 4 nitrogen and oxygen atoms in total. The van der Waals surface area contributed by atoms with Crippen molar-refractivity contribution >= 4 is 11.6 Å². The second-order valence-corrected chi connectivity index (χ2v) is 6.46. The number of alkyl halides is 3. The monoisotopic (exact) mass is 330 g/mol. The van der Waals surface area contributed by atoms with Crippen LogP contribution in [0, 0.1) is 17.7 Å². The quantitative estimate of drug-likeness (QED) is 0.825. The predicted molar refractivity (Wildman–Crippen MR) is 81.8 cm³/mol. The lowest BCUT2D eigenvalue weighted by Gasteiger charge is -2.28. The molecule has 0 aliphatic heterocycles. The first-order valence-corrected chi connectivity index (χ1v) is 7.07. The van der Waals surface area contributed by atoms with Crippen molar-refractivity contribution in [2.24, 2.45) is 5.41 Å². The molecule has 7 heteroatoms. The number of rotatable bonds is 4. The van der Waals surface area contributed by atoms with Crippen LogP contribution in [0.25, 0.3) is 0 Å². The minimum absolute atomic E-state index is 0.102. The third-order valence-corrected chi connectivity index (χ3v) is 3.59. The van der Waals surface area contributed by atoms with E-state index in [-0.39, 0.29) is 17.0 Å². The third-order valence-electron chi connectivity index (χ3n) is 3.59. The van der Waals surface area contributed by atoms with Crippen molar-refractivity contribution in [2.75, 3.05) is 0 Å². The summed E-state index contributed by atoms with van der Waals surface area (Å²) >= 11 is 0. The SMILES string of the molecule is Cc1ccc(OC(F)(F)F)cc1C(=N)C(=O)NC(C)C(C)(C)C. The lowest BCUT2D eigenvalue weighted by molar-refractivity contribution is -0.274. The van der Waals surface area contributed by atoms with Crippen molar-refractivity contribution in [1.29, 1.82) is 5.41 Å². The number of nitrogens with one attached hydrogen (secondary N) is 2. The van der Waals surface area contributed by atoms with Gasteiger partial charge >= 0.3 is 6.36 Å². The third kappa shape index (κ3) is 5.58. The van der Waals surface area contributed by atoms with E-state index in [0.29, 0.717) is 5.56 Å². The van der Waals surface area contributed by atoms with Crippen LogP contribution in [-0.4, -0.2) is 24.0 Å². The number of carbonyl (C=O) groups excluding carboxylic acids is 1. The molecule has 0 fully saturated rings. The Balaban J connectivity index is 2.99. The predicted octanol–water partition coefficient (Wildman–Crippen LogP) is 3.81. The van der Waals surface area contributed by atoms with Crippen molar-refractivity contribution in [3.63, 3.8) is 0 Å². The maximum Gasteiger partial charge on any atom is 0.573 e. The first kappa shape index (κ1) is 19.0. The lowest BCUT2D eigenvalue weighted by Crippen LogP contribution is -2.44. The molecule has 1 unspecified atom stereocenters. The van der Waals surface area contributed by atoms with Crippen molar-refractivity contribution < 1.29 is 22.7 Å². The van der Waals surface area contributed by atoms with Crippen molar-refractivity contribution in [3.8, 4) is 5.75 Å². The van der Waals surface area contributed by atoms with Gasteiger partial charge in [0, 0.05) is 11.6 Å². The number of ether oxygens (including phenoxy) is 1. The molecule has 1 aromatic carbocycles. The summed E-state index contributed by atoms with van der Waals surface area (Å²) in [5.74, 6) is -1.10. The number of hydrogen-bond donors (Lipinski definition) is 2. The molecule has 128 valence electrons. The number of amides is 1. The summed E-state index contributed by atoms with van der Waals surface area (Å²) in [7, 11) is 0. The molecule has 0 bridgehead atoms. The lowest BCUT2D eigenvalue weighted by atomic mass is 9.88. The van der Waals surface area contributed by atoms with Crippen LogP contribution in [0.5, 0.6) is 5.75 Å². The van der Waals surface area contributed by atoms with Gasteiger partial charge in [0.05, 0.1) is 0 Å². The second kappa shape index (κ2) is 6.60. The number of halogens is 3. The van der Waals surface area contributed by atoms with E-state index in [1.165, 1.54) is 6.07 Å². The van der Waals surface area contributed by atoms with Gasteiger partial charge < -0.3 is 10.1 Å². The number of carbonyl (C=O) groups is 1. The Hall–Kier alpha value is -2.05. The summed E-state index contributed by atoms with van der Waals surface area (Å²) in [5, 5.41) is 10.6. The standard InChI is InChI=1S/C16H21F3N2O2/c1-9-6-7-11(23-16(17,18)19)8-12(9)13(20)14(22)21-10(2)15(3,4)5/h6-8,10,20H,1-5H3,(H,21,22). The van der Waals surface area contributed by atoms with Gasteiger partial charge in [-0.2, -0.15) is 0 Å². The number of hydrogen-bond acceptors (Lipinski definition) is 3. The Morgan fingerprint density at radius 2 is 1.83 bits per heavy atom. The van der Waals surface area contributed by atoms with E-state index in [2.05, 4.69) is 10.1 Å². The average Bonchev–Trinajstić information content (AvgIpc) is 2.37. The van der Waals surface area contributed by atoms with Gasteiger partial charge in [0.1, 0.15) is 11.5 Å². The minimum atomic E-state index is -4.82. The van der Waals surface area contributed by atoms with Gasteiger partial charge in [-0.3, -0.25) is 10.2 Å². The van der Waals surface area contributed by atoms with Crippen LogP contribution in [0.2, 0.25) is 0 Å². The first-order chi connectivity index (χ1) is 10.3. The second-order valence-electron chi connectivity index (χ2n) is 6.46. The molecule has 0 saturated heterocycles.